The van der Waals surface area contributed by atoms with Crippen LogP contribution < -0.4 is 5.32 Å². The number of hydrogen-bond donors (Lipinski definition) is 1. The molecule has 3 aromatic rings. The molecule has 3 aromatic carbocycles. The molecule has 0 unspecified atom stereocenters. The van der Waals surface area contributed by atoms with Gasteiger partial charge in [0.2, 0.25) is 15.9 Å². The second-order valence-corrected chi connectivity index (χ2v) is 9.26. The zero-order valence-corrected chi connectivity index (χ0v) is 18.5. The summed E-state index contributed by atoms with van der Waals surface area (Å²) in [5.74, 6) is -0.597. The molecule has 0 heterocycles. The molecule has 0 atom stereocenters. The lowest BCUT2D eigenvalue weighted by atomic mass is 10.1. The molecule has 0 aliphatic heterocycles. The summed E-state index contributed by atoms with van der Waals surface area (Å²) >= 11 is 0. The molecule has 0 aliphatic carbocycles. The topological polar surface area (TPSA) is 110 Å². The first-order chi connectivity index (χ1) is 15.2. The maximum atomic E-state index is 13.3. The highest BCUT2D eigenvalue weighted by molar-refractivity contribution is 7.89. The van der Waals surface area contributed by atoms with Gasteiger partial charge in [0.05, 0.1) is 27.6 Å². The van der Waals surface area contributed by atoms with Crippen LogP contribution in [-0.4, -0.2) is 30.1 Å². The maximum Gasteiger partial charge on any atom is 0.274 e. The zero-order valence-electron chi connectivity index (χ0n) is 17.7. The van der Waals surface area contributed by atoms with E-state index in [1.165, 1.54) is 37.3 Å². The van der Waals surface area contributed by atoms with E-state index in [1.54, 1.807) is 18.2 Å². The average Bonchev–Trinajstić information content (AvgIpc) is 2.76. The third kappa shape index (κ3) is 5.37. The third-order valence-corrected chi connectivity index (χ3v) is 6.76. The molecular formula is C23H23N3O5S. The van der Waals surface area contributed by atoms with Gasteiger partial charge in [-0.1, -0.05) is 54.1 Å². The smallest absolute Gasteiger partial charge is 0.274 e. The van der Waals surface area contributed by atoms with Crippen LogP contribution in [0, 0.1) is 24.0 Å². The van der Waals surface area contributed by atoms with Crippen molar-refractivity contribution >= 4 is 27.3 Å². The van der Waals surface area contributed by atoms with E-state index >= 15 is 0 Å². The lowest BCUT2D eigenvalue weighted by Crippen LogP contribution is -2.37. The summed E-state index contributed by atoms with van der Waals surface area (Å²) in [6.07, 6.45) is 0. The van der Waals surface area contributed by atoms with Crippen molar-refractivity contribution in [2.75, 3.05) is 11.9 Å². The summed E-state index contributed by atoms with van der Waals surface area (Å²) in [5, 5.41) is 13.8. The Kier molecular flexibility index (Phi) is 7.01. The van der Waals surface area contributed by atoms with E-state index in [1.807, 2.05) is 31.2 Å². The molecule has 9 heteroatoms. The molecule has 0 saturated carbocycles. The van der Waals surface area contributed by atoms with Crippen molar-refractivity contribution in [3.05, 3.63) is 99.6 Å². The van der Waals surface area contributed by atoms with Gasteiger partial charge in [0.25, 0.3) is 5.69 Å². The average molecular weight is 454 g/mol. The normalized spacial score (nSPS) is 11.3. The monoisotopic (exact) mass is 453 g/mol. The van der Waals surface area contributed by atoms with Crippen molar-refractivity contribution in [2.45, 2.75) is 25.3 Å². The number of hydrogen-bond acceptors (Lipinski definition) is 5. The summed E-state index contributed by atoms with van der Waals surface area (Å²) in [6, 6.07) is 19.6. The Hall–Kier alpha value is -3.56. The minimum Gasteiger partial charge on any atom is -0.324 e. The number of aryl methyl sites for hydroxylation is 1. The Labute approximate surface area is 186 Å². The van der Waals surface area contributed by atoms with E-state index in [0.717, 1.165) is 15.4 Å². The number of sulfonamides is 1. The molecule has 1 amide bonds. The highest BCUT2D eigenvalue weighted by Gasteiger charge is 2.27. The minimum absolute atomic E-state index is 0.00114. The fourth-order valence-electron chi connectivity index (χ4n) is 3.17. The van der Waals surface area contributed by atoms with Crippen molar-refractivity contribution < 1.29 is 18.1 Å². The second-order valence-electron chi connectivity index (χ2n) is 7.33. The lowest BCUT2D eigenvalue weighted by molar-refractivity contribution is -0.385. The van der Waals surface area contributed by atoms with Gasteiger partial charge < -0.3 is 5.32 Å². The van der Waals surface area contributed by atoms with Gasteiger partial charge in [-0.05, 0) is 37.6 Å². The summed E-state index contributed by atoms with van der Waals surface area (Å²) in [5.41, 5.74) is 2.19. The first kappa shape index (κ1) is 23.1. The van der Waals surface area contributed by atoms with Crippen LogP contribution in [0.4, 0.5) is 11.4 Å². The fourth-order valence-corrected chi connectivity index (χ4v) is 4.58. The van der Waals surface area contributed by atoms with Gasteiger partial charge in [-0.3, -0.25) is 14.9 Å². The number of benzene rings is 3. The van der Waals surface area contributed by atoms with Crippen LogP contribution in [0.3, 0.4) is 0 Å². The number of amides is 1. The molecule has 0 bridgehead atoms. The van der Waals surface area contributed by atoms with Gasteiger partial charge >= 0.3 is 0 Å². The number of carbonyl (C=O) groups excluding carboxylic acids is 1. The van der Waals surface area contributed by atoms with Crippen molar-refractivity contribution in [3.8, 4) is 0 Å². The number of rotatable bonds is 8. The number of nitrogens with zero attached hydrogens (tertiary/aromatic N) is 2. The Morgan fingerprint density at radius 3 is 2.25 bits per heavy atom. The van der Waals surface area contributed by atoms with E-state index in [4.69, 9.17) is 0 Å². The molecule has 1 N–H and O–H groups in total. The number of anilines is 1. The first-order valence-electron chi connectivity index (χ1n) is 9.83. The fraction of sp³-hybridized carbons (Fsp3) is 0.174. The summed E-state index contributed by atoms with van der Waals surface area (Å²) in [4.78, 5) is 23.5. The van der Waals surface area contributed by atoms with Crippen LogP contribution in [0.5, 0.6) is 0 Å². The van der Waals surface area contributed by atoms with Crippen LogP contribution in [0.2, 0.25) is 0 Å². The van der Waals surface area contributed by atoms with E-state index in [-0.39, 0.29) is 22.8 Å². The van der Waals surface area contributed by atoms with Gasteiger partial charge in [0.1, 0.15) is 0 Å². The Morgan fingerprint density at radius 1 is 0.969 bits per heavy atom. The summed E-state index contributed by atoms with van der Waals surface area (Å²) in [7, 11) is -3.96. The molecule has 0 aliphatic rings. The Balaban J connectivity index is 1.88. The molecule has 0 radical (unpaired) electrons. The molecule has 166 valence electrons. The molecule has 0 aromatic heterocycles. The van der Waals surface area contributed by atoms with Gasteiger partial charge in [0, 0.05) is 12.6 Å². The molecular weight excluding hydrogens is 430 g/mol. The van der Waals surface area contributed by atoms with Crippen LogP contribution in [0.25, 0.3) is 0 Å². The number of nitrogens with one attached hydrogen (secondary N) is 1. The third-order valence-electron chi connectivity index (χ3n) is 4.96. The Bertz CT molecular complexity index is 1230. The van der Waals surface area contributed by atoms with Crippen LogP contribution in [0.15, 0.2) is 77.7 Å². The van der Waals surface area contributed by atoms with Crippen LogP contribution in [-0.2, 0) is 21.4 Å². The Morgan fingerprint density at radius 2 is 1.62 bits per heavy atom. The van der Waals surface area contributed by atoms with E-state index in [9.17, 15) is 23.3 Å². The van der Waals surface area contributed by atoms with E-state index < -0.39 is 27.4 Å². The van der Waals surface area contributed by atoms with E-state index in [2.05, 4.69) is 5.32 Å². The first-order valence-corrected chi connectivity index (χ1v) is 11.3. The lowest BCUT2D eigenvalue weighted by Gasteiger charge is -2.22. The van der Waals surface area contributed by atoms with E-state index in [0.29, 0.717) is 5.56 Å². The predicted octanol–water partition coefficient (Wildman–Crippen LogP) is 4.04. The van der Waals surface area contributed by atoms with Crippen molar-refractivity contribution in [1.82, 2.24) is 4.31 Å². The quantitative estimate of drug-likeness (QED) is 0.409. The largest absolute Gasteiger partial charge is 0.324 e. The molecule has 0 fully saturated rings. The zero-order chi connectivity index (χ0) is 23.3. The van der Waals surface area contributed by atoms with Crippen LogP contribution in [0.1, 0.15) is 16.7 Å². The molecule has 8 nitrogen and oxygen atoms in total. The van der Waals surface area contributed by atoms with Crippen molar-refractivity contribution in [1.29, 1.82) is 0 Å². The predicted molar refractivity (Wildman–Crippen MR) is 122 cm³/mol. The van der Waals surface area contributed by atoms with Crippen LogP contribution >= 0.6 is 0 Å². The van der Waals surface area contributed by atoms with Gasteiger partial charge in [-0.25, -0.2) is 8.42 Å². The summed E-state index contributed by atoms with van der Waals surface area (Å²) in [6.45, 7) is 3.00. The number of nitro benzene ring substituents is 1. The molecule has 0 spiro atoms. The SMILES string of the molecule is Cc1ccc(CN(CC(=O)Nc2cccc([N+](=O)[O-])c2C)S(=O)(=O)c2ccccc2)cc1. The van der Waals surface area contributed by atoms with Gasteiger partial charge in [-0.15, -0.1) is 0 Å². The minimum atomic E-state index is -3.96. The standard InChI is InChI=1S/C23H23N3O5S/c1-17-11-13-19(14-12-17)15-25(32(30,31)20-7-4-3-5-8-20)16-23(27)24-21-9-6-10-22(18(21)2)26(28)29/h3-14H,15-16H2,1-2H3,(H,24,27). The molecule has 32 heavy (non-hydrogen) atoms. The highest BCUT2D eigenvalue weighted by atomic mass is 32.2. The molecule has 0 saturated heterocycles. The molecule has 3 rings (SSSR count). The highest BCUT2D eigenvalue weighted by Crippen LogP contribution is 2.25. The van der Waals surface area contributed by atoms with Gasteiger partial charge in [-0.2, -0.15) is 4.31 Å². The number of carbonyl (C=O) groups is 1. The van der Waals surface area contributed by atoms with Crippen molar-refractivity contribution in [3.63, 3.8) is 0 Å². The summed E-state index contributed by atoms with van der Waals surface area (Å²) < 4.78 is 27.6. The van der Waals surface area contributed by atoms with Gasteiger partial charge in [0.15, 0.2) is 0 Å². The maximum absolute atomic E-state index is 13.3. The number of nitro groups is 1. The second kappa shape index (κ2) is 9.71. The van der Waals surface area contributed by atoms with Crippen molar-refractivity contribution in [2.24, 2.45) is 0 Å².